The lowest BCUT2D eigenvalue weighted by Gasteiger charge is -2.10. The lowest BCUT2D eigenvalue weighted by Crippen LogP contribution is -2.13. The number of fused-ring (bicyclic) bond motifs is 1. The van der Waals surface area contributed by atoms with E-state index < -0.39 is 0 Å². The number of rotatable bonds is 3. The molecule has 26 heavy (non-hydrogen) atoms. The van der Waals surface area contributed by atoms with E-state index in [2.05, 4.69) is 10.3 Å². The van der Waals surface area contributed by atoms with Gasteiger partial charge in [-0.2, -0.15) is 0 Å². The fourth-order valence-electron chi connectivity index (χ4n) is 2.74. The Bertz CT molecular complexity index is 1090. The van der Waals surface area contributed by atoms with Crippen molar-refractivity contribution in [1.82, 2.24) is 4.98 Å². The molecule has 0 aliphatic rings. The monoisotopic (exact) mass is 361 g/mol. The van der Waals surface area contributed by atoms with Crippen LogP contribution in [0.4, 0.5) is 10.7 Å². The van der Waals surface area contributed by atoms with E-state index in [0.29, 0.717) is 27.2 Å². The minimum atomic E-state index is -0.298. The van der Waals surface area contributed by atoms with E-state index in [1.54, 1.807) is 6.07 Å². The number of nitrogen functional groups attached to an aromatic ring is 1. The maximum atomic E-state index is 12.9. The molecule has 0 bridgehead atoms. The number of hydrogen-bond donors (Lipinski definition) is 3. The van der Waals surface area contributed by atoms with Crippen molar-refractivity contribution in [3.05, 3.63) is 72.3 Å². The van der Waals surface area contributed by atoms with Crippen LogP contribution in [0.1, 0.15) is 10.4 Å². The van der Waals surface area contributed by atoms with Crippen molar-refractivity contribution >= 4 is 38.1 Å². The number of hydrogen-bond acceptors (Lipinski definition) is 5. The molecule has 0 aliphatic heterocycles. The lowest BCUT2D eigenvalue weighted by atomic mass is 10.0. The summed E-state index contributed by atoms with van der Waals surface area (Å²) in [6.45, 7) is 0. The second kappa shape index (κ2) is 6.50. The average Bonchev–Trinajstić information content (AvgIpc) is 2.95. The molecule has 0 saturated heterocycles. The zero-order valence-corrected chi connectivity index (χ0v) is 14.5. The van der Waals surface area contributed by atoms with Gasteiger partial charge >= 0.3 is 0 Å². The van der Waals surface area contributed by atoms with E-state index >= 15 is 0 Å². The predicted octanol–water partition coefficient (Wildman–Crippen LogP) is 4.50. The number of nitrogens with one attached hydrogen (secondary N) is 1. The van der Waals surface area contributed by atoms with Crippen LogP contribution >= 0.6 is 11.3 Å². The normalized spacial score (nSPS) is 10.8. The molecular weight excluding hydrogens is 346 g/mol. The van der Waals surface area contributed by atoms with Gasteiger partial charge in [0.25, 0.3) is 5.91 Å². The number of carbonyl (C=O) groups excluding carboxylic acids is 1. The third-order valence-corrected chi connectivity index (χ3v) is 4.92. The second-order valence-electron chi connectivity index (χ2n) is 5.74. The van der Waals surface area contributed by atoms with Gasteiger partial charge < -0.3 is 16.2 Å². The summed E-state index contributed by atoms with van der Waals surface area (Å²) in [4.78, 5) is 18.1. The van der Waals surface area contributed by atoms with E-state index in [4.69, 9.17) is 5.73 Å². The van der Waals surface area contributed by atoms with Crippen LogP contribution in [-0.2, 0) is 0 Å². The molecule has 4 rings (SSSR count). The Kier molecular flexibility index (Phi) is 4.02. The highest BCUT2D eigenvalue weighted by molar-refractivity contribution is 7.22. The number of para-hydroxylation sites is 1. The quantitative estimate of drug-likeness (QED) is 0.501. The molecule has 2 heterocycles. The average molecular weight is 361 g/mol. The van der Waals surface area contributed by atoms with Crippen molar-refractivity contribution < 1.29 is 9.90 Å². The summed E-state index contributed by atoms with van der Waals surface area (Å²) >= 11 is 1.20. The van der Waals surface area contributed by atoms with Crippen molar-refractivity contribution in [2.45, 2.75) is 0 Å². The summed E-state index contributed by atoms with van der Waals surface area (Å²) in [5.74, 6) is -0.334. The number of nitrogens with zero attached hydrogens (tertiary/aromatic N) is 1. The number of thiophene rings is 1. The molecule has 2 aromatic heterocycles. The Hall–Kier alpha value is -3.38. The molecule has 0 spiro atoms. The zero-order chi connectivity index (χ0) is 18.1. The number of pyridine rings is 1. The number of anilines is 2. The fraction of sp³-hybridized carbons (Fsp3) is 0. The number of aromatic nitrogens is 1. The van der Waals surface area contributed by atoms with Crippen LogP contribution in [0, 0.1) is 0 Å². The SMILES string of the molecule is Nc1sc2nc(-c3ccccc3)c(C(=O)Nc3ccccc3)cc2c1O. The zero-order valence-electron chi connectivity index (χ0n) is 13.6. The molecule has 0 aliphatic carbocycles. The van der Waals surface area contributed by atoms with Gasteiger partial charge in [-0.15, -0.1) is 0 Å². The summed E-state index contributed by atoms with van der Waals surface area (Å²) in [5.41, 5.74) is 8.25. The molecule has 0 radical (unpaired) electrons. The summed E-state index contributed by atoms with van der Waals surface area (Å²) in [7, 11) is 0. The molecule has 0 saturated carbocycles. The standard InChI is InChI=1S/C20H15N3O2S/c21-18-17(24)15-11-14(19(25)22-13-9-5-2-6-10-13)16(23-20(15)26-18)12-7-3-1-4-8-12/h1-11,24H,21H2,(H,22,25). The van der Waals surface area contributed by atoms with E-state index in [9.17, 15) is 9.90 Å². The molecule has 0 unspecified atom stereocenters. The maximum Gasteiger partial charge on any atom is 0.257 e. The first-order valence-electron chi connectivity index (χ1n) is 7.97. The van der Waals surface area contributed by atoms with Gasteiger partial charge in [-0.1, -0.05) is 59.9 Å². The van der Waals surface area contributed by atoms with E-state index in [1.807, 2.05) is 60.7 Å². The maximum absolute atomic E-state index is 12.9. The Labute approximate surface area is 153 Å². The highest BCUT2D eigenvalue weighted by Crippen LogP contribution is 2.40. The van der Waals surface area contributed by atoms with Crippen molar-refractivity contribution in [3.63, 3.8) is 0 Å². The van der Waals surface area contributed by atoms with Crippen LogP contribution in [0.15, 0.2) is 66.7 Å². The van der Waals surface area contributed by atoms with Crippen LogP contribution in [0.5, 0.6) is 5.75 Å². The molecule has 0 atom stereocenters. The van der Waals surface area contributed by atoms with Crippen LogP contribution in [0.25, 0.3) is 21.5 Å². The molecule has 6 heteroatoms. The van der Waals surface area contributed by atoms with Gasteiger partial charge in [0.1, 0.15) is 9.83 Å². The van der Waals surface area contributed by atoms with Gasteiger partial charge in [0, 0.05) is 11.3 Å². The lowest BCUT2D eigenvalue weighted by molar-refractivity contribution is 0.102. The minimum absolute atomic E-state index is 0.0362. The number of amides is 1. The Morgan fingerprint density at radius 3 is 2.38 bits per heavy atom. The highest BCUT2D eigenvalue weighted by Gasteiger charge is 2.20. The third kappa shape index (κ3) is 2.87. The van der Waals surface area contributed by atoms with E-state index in [1.165, 1.54) is 11.3 Å². The summed E-state index contributed by atoms with van der Waals surface area (Å²) in [6, 6.07) is 20.3. The van der Waals surface area contributed by atoms with Crippen LogP contribution in [0.3, 0.4) is 0 Å². The topological polar surface area (TPSA) is 88.2 Å². The largest absolute Gasteiger partial charge is 0.504 e. The van der Waals surface area contributed by atoms with Crippen LogP contribution < -0.4 is 11.1 Å². The molecule has 128 valence electrons. The van der Waals surface area contributed by atoms with Crippen molar-refractivity contribution in [2.24, 2.45) is 0 Å². The first kappa shape index (κ1) is 16.1. The van der Waals surface area contributed by atoms with Crippen LogP contribution in [0.2, 0.25) is 0 Å². The second-order valence-corrected chi connectivity index (χ2v) is 6.77. The Morgan fingerprint density at radius 1 is 1.04 bits per heavy atom. The fourth-order valence-corrected chi connectivity index (χ4v) is 3.56. The number of benzene rings is 2. The molecule has 5 nitrogen and oxygen atoms in total. The van der Waals surface area contributed by atoms with Gasteiger partial charge in [-0.3, -0.25) is 4.79 Å². The summed E-state index contributed by atoms with van der Waals surface area (Å²) in [6.07, 6.45) is 0. The molecule has 2 aromatic carbocycles. The van der Waals surface area contributed by atoms with Gasteiger partial charge in [0.05, 0.1) is 16.6 Å². The summed E-state index contributed by atoms with van der Waals surface area (Å²) in [5, 5.41) is 13.8. The first-order valence-corrected chi connectivity index (χ1v) is 8.79. The van der Waals surface area contributed by atoms with Crippen molar-refractivity contribution in [3.8, 4) is 17.0 Å². The Morgan fingerprint density at radius 2 is 1.69 bits per heavy atom. The summed E-state index contributed by atoms with van der Waals surface area (Å²) < 4.78 is 0. The number of aromatic hydroxyl groups is 1. The van der Waals surface area contributed by atoms with E-state index in [-0.39, 0.29) is 16.7 Å². The highest BCUT2D eigenvalue weighted by atomic mass is 32.1. The van der Waals surface area contributed by atoms with Gasteiger partial charge in [-0.25, -0.2) is 4.98 Å². The molecule has 4 aromatic rings. The number of carbonyl (C=O) groups is 1. The van der Waals surface area contributed by atoms with Gasteiger partial charge in [0.2, 0.25) is 0 Å². The molecule has 4 N–H and O–H groups in total. The third-order valence-electron chi connectivity index (χ3n) is 4.01. The van der Waals surface area contributed by atoms with Crippen LogP contribution in [-0.4, -0.2) is 16.0 Å². The molecule has 0 fully saturated rings. The minimum Gasteiger partial charge on any atom is -0.504 e. The van der Waals surface area contributed by atoms with E-state index in [0.717, 1.165) is 5.56 Å². The van der Waals surface area contributed by atoms with Crippen molar-refractivity contribution in [1.29, 1.82) is 0 Å². The first-order chi connectivity index (χ1) is 12.6. The van der Waals surface area contributed by atoms with Crippen molar-refractivity contribution in [2.75, 3.05) is 11.1 Å². The van der Waals surface area contributed by atoms with Gasteiger partial charge in [0.15, 0.2) is 5.75 Å². The van der Waals surface area contributed by atoms with Gasteiger partial charge in [-0.05, 0) is 18.2 Å². The Balaban J connectivity index is 1.88. The molecular formula is C20H15N3O2S. The predicted molar refractivity (Wildman–Crippen MR) is 106 cm³/mol. The number of nitrogens with two attached hydrogens (primary N) is 1. The molecule has 1 amide bonds. The smallest absolute Gasteiger partial charge is 0.257 e.